The summed E-state index contributed by atoms with van der Waals surface area (Å²) in [6.45, 7) is 7.30. The molecule has 0 aromatic carbocycles. The van der Waals surface area contributed by atoms with Crippen LogP contribution in [0.3, 0.4) is 0 Å². The fraction of sp³-hybridized carbons (Fsp3) is 0.667. The summed E-state index contributed by atoms with van der Waals surface area (Å²) in [6.07, 6.45) is 2.33. The van der Waals surface area contributed by atoms with Crippen LogP contribution in [0.2, 0.25) is 0 Å². The number of anilines is 2. The first-order valence-corrected chi connectivity index (χ1v) is 6.05. The number of nitrogens with zero attached hydrogens (tertiary/aromatic N) is 2. The van der Waals surface area contributed by atoms with Crippen LogP contribution in [-0.2, 0) is 0 Å². The highest BCUT2D eigenvalue weighted by Crippen LogP contribution is 2.32. The van der Waals surface area contributed by atoms with Crippen molar-refractivity contribution in [3.63, 3.8) is 0 Å². The molecule has 1 aliphatic rings. The van der Waals surface area contributed by atoms with Crippen LogP contribution in [0.25, 0.3) is 0 Å². The second-order valence-electron chi connectivity index (χ2n) is 4.61. The van der Waals surface area contributed by atoms with Gasteiger partial charge in [-0.05, 0) is 25.7 Å². The fourth-order valence-corrected chi connectivity index (χ4v) is 1.67. The Balaban J connectivity index is 2.03. The van der Waals surface area contributed by atoms with Crippen molar-refractivity contribution in [3.05, 3.63) is 11.8 Å². The second-order valence-corrected chi connectivity index (χ2v) is 4.61. The van der Waals surface area contributed by atoms with Crippen LogP contribution in [0.15, 0.2) is 6.07 Å². The lowest BCUT2D eigenvalue weighted by molar-refractivity contribution is 0.913. The molecule has 1 saturated carbocycles. The summed E-state index contributed by atoms with van der Waals surface area (Å²) in [4.78, 5) is 8.81. The lowest BCUT2D eigenvalue weighted by atomic mass is 10.4. The average Bonchev–Trinajstić information content (AvgIpc) is 2.90. The number of aryl methyl sites for hydroxylation is 1. The normalized spacial score (nSPS) is 22.9. The van der Waals surface area contributed by atoms with Crippen LogP contribution < -0.4 is 10.6 Å². The first kappa shape index (κ1) is 11.2. The third-order valence-electron chi connectivity index (χ3n) is 2.83. The standard InChI is InChI=1S/C12H20N4/c1-4-5-13-12-14-9(3)7-11(16-12)15-10-6-8(10)2/h7-8,10H,4-6H2,1-3H3,(H2,13,14,15,16). The third kappa shape index (κ3) is 2.84. The predicted octanol–water partition coefficient (Wildman–Crippen LogP) is 2.43. The molecule has 2 rings (SSSR count). The van der Waals surface area contributed by atoms with Crippen LogP contribution in [0, 0.1) is 12.8 Å². The highest BCUT2D eigenvalue weighted by Gasteiger charge is 2.32. The van der Waals surface area contributed by atoms with Gasteiger partial charge in [-0.3, -0.25) is 0 Å². The number of rotatable bonds is 5. The van der Waals surface area contributed by atoms with Gasteiger partial charge in [-0.15, -0.1) is 0 Å². The minimum atomic E-state index is 0.605. The predicted molar refractivity (Wildman–Crippen MR) is 66.7 cm³/mol. The Morgan fingerprint density at radius 2 is 2.19 bits per heavy atom. The minimum absolute atomic E-state index is 0.605. The maximum atomic E-state index is 4.45. The number of hydrogen-bond acceptors (Lipinski definition) is 4. The Labute approximate surface area is 96.9 Å². The smallest absolute Gasteiger partial charge is 0.224 e. The fourth-order valence-electron chi connectivity index (χ4n) is 1.67. The molecular formula is C12H20N4. The van der Waals surface area contributed by atoms with Crippen molar-refractivity contribution in [3.8, 4) is 0 Å². The molecule has 0 spiro atoms. The Hall–Kier alpha value is -1.32. The van der Waals surface area contributed by atoms with Crippen LogP contribution in [0.4, 0.5) is 11.8 Å². The number of aromatic nitrogens is 2. The molecule has 0 saturated heterocycles. The van der Waals surface area contributed by atoms with E-state index in [-0.39, 0.29) is 0 Å². The summed E-state index contributed by atoms with van der Waals surface area (Å²) in [7, 11) is 0. The van der Waals surface area contributed by atoms with Crippen molar-refractivity contribution in [2.45, 2.75) is 39.7 Å². The molecule has 1 aromatic heterocycles. The summed E-state index contributed by atoms with van der Waals surface area (Å²) < 4.78 is 0. The van der Waals surface area contributed by atoms with Crippen LogP contribution in [0.1, 0.15) is 32.4 Å². The summed E-state index contributed by atoms with van der Waals surface area (Å²) in [6, 6.07) is 2.61. The van der Waals surface area contributed by atoms with Gasteiger partial charge >= 0.3 is 0 Å². The highest BCUT2D eigenvalue weighted by molar-refractivity contribution is 5.44. The maximum absolute atomic E-state index is 4.45. The molecule has 2 N–H and O–H groups in total. The van der Waals surface area contributed by atoms with Gasteiger partial charge in [0.1, 0.15) is 5.82 Å². The molecule has 4 nitrogen and oxygen atoms in total. The van der Waals surface area contributed by atoms with E-state index in [4.69, 9.17) is 0 Å². The van der Waals surface area contributed by atoms with Crippen LogP contribution in [-0.4, -0.2) is 22.6 Å². The lowest BCUT2D eigenvalue weighted by Crippen LogP contribution is -2.10. The van der Waals surface area contributed by atoms with Crippen LogP contribution in [0.5, 0.6) is 0 Å². The second kappa shape index (κ2) is 4.68. The van der Waals surface area contributed by atoms with Gasteiger partial charge in [-0.25, -0.2) is 4.98 Å². The first-order chi connectivity index (χ1) is 7.69. The zero-order valence-electron chi connectivity index (χ0n) is 10.2. The number of hydrogen-bond donors (Lipinski definition) is 2. The van der Waals surface area contributed by atoms with Gasteiger partial charge in [0.25, 0.3) is 0 Å². The van der Waals surface area contributed by atoms with Gasteiger partial charge in [-0.2, -0.15) is 4.98 Å². The molecule has 0 aliphatic heterocycles. The van der Waals surface area contributed by atoms with E-state index in [0.717, 1.165) is 36.3 Å². The van der Waals surface area contributed by atoms with Crippen molar-refractivity contribution in [2.75, 3.05) is 17.2 Å². The van der Waals surface area contributed by atoms with E-state index in [2.05, 4.69) is 34.4 Å². The first-order valence-electron chi connectivity index (χ1n) is 6.05. The van der Waals surface area contributed by atoms with Crippen molar-refractivity contribution in [1.82, 2.24) is 9.97 Å². The largest absolute Gasteiger partial charge is 0.367 e. The Bertz CT molecular complexity index is 364. The van der Waals surface area contributed by atoms with Crippen molar-refractivity contribution >= 4 is 11.8 Å². The van der Waals surface area contributed by atoms with E-state index >= 15 is 0 Å². The SMILES string of the molecule is CCCNc1nc(C)cc(NC2CC2C)n1. The van der Waals surface area contributed by atoms with E-state index < -0.39 is 0 Å². The molecule has 4 heteroatoms. The monoisotopic (exact) mass is 220 g/mol. The zero-order chi connectivity index (χ0) is 11.5. The van der Waals surface area contributed by atoms with E-state index in [1.165, 1.54) is 6.42 Å². The van der Waals surface area contributed by atoms with Gasteiger partial charge in [0.05, 0.1) is 0 Å². The van der Waals surface area contributed by atoms with E-state index in [1.54, 1.807) is 0 Å². The van der Waals surface area contributed by atoms with Gasteiger partial charge in [0.2, 0.25) is 5.95 Å². The van der Waals surface area contributed by atoms with Crippen LogP contribution >= 0.6 is 0 Å². The van der Waals surface area contributed by atoms with E-state index in [1.807, 2.05) is 13.0 Å². The minimum Gasteiger partial charge on any atom is -0.367 e. The molecule has 0 bridgehead atoms. The molecule has 1 aliphatic carbocycles. The maximum Gasteiger partial charge on any atom is 0.224 e. The van der Waals surface area contributed by atoms with E-state index in [0.29, 0.717) is 6.04 Å². The quantitative estimate of drug-likeness (QED) is 0.800. The summed E-state index contributed by atoms with van der Waals surface area (Å²) >= 11 is 0. The summed E-state index contributed by atoms with van der Waals surface area (Å²) in [5, 5.41) is 6.65. The summed E-state index contributed by atoms with van der Waals surface area (Å²) in [5.74, 6) is 2.46. The molecule has 88 valence electrons. The molecule has 2 atom stereocenters. The lowest BCUT2D eigenvalue weighted by Gasteiger charge is -2.08. The van der Waals surface area contributed by atoms with Gasteiger partial charge in [0, 0.05) is 24.3 Å². The van der Waals surface area contributed by atoms with Gasteiger partial charge in [-0.1, -0.05) is 13.8 Å². The molecule has 0 amide bonds. The van der Waals surface area contributed by atoms with Gasteiger partial charge < -0.3 is 10.6 Å². The molecular weight excluding hydrogens is 200 g/mol. The average molecular weight is 220 g/mol. The Morgan fingerprint density at radius 1 is 1.44 bits per heavy atom. The number of nitrogens with one attached hydrogen (secondary N) is 2. The Kier molecular flexibility index (Phi) is 3.27. The molecule has 1 fully saturated rings. The molecule has 1 heterocycles. The van der Waals surface area contributed by atoms with Crippen molar-refractivity contribution < 1.29 is 0 Å². The van der Waals surface area contributed by atoms with E-state index in [9.17, 15) is 0 Å². The molecule has 2 unspecified atom stereocenters. The van der Waals surface area contributed by atoms with Gasteiger partial charge in [0.15, 0.2) is 0 Å². The zero-order valence-corrected chi connectivity index (χ0v) is 10.2. The highest BCUT2D eigenvalue weighted by atomic mass is 15.2. The Morgan fingerprint density at radius 3 is 2.81 bits per heavy atom. The van der Waals surface area contributed by atoms with Crippen molar-refractivity contribution in [2.24, 2.45) is 5.92 Å². The molecule has 1 aromatic rings. The molecule has 0 radical (unpaired) electrons. The topological polar surface area (TPSA) is 49.8 Å². The summed E-state index contributed by atoms with van der Waals surface area (Å²) in [5.41, 5.74) is 1.00. The van der Waals surface area contributed by atoms with Crippen molar-refractivity contribution in [1.29, 1.82) is 0 Å². The molecule has 16 heavy (non-hydrogen) atoms. The third-order valence-corrected chi connectivity index (χ3v) is 2.83.